The van der Waals surface area contributed by atoms with E-state index in [9.17, 15) is 17.6 Å². The molecule has 1 aromatic carbocycles. The van der Waals surface area contributed by atoms with Crippen molar-refractivity contribution in [1.29, 1.82) is 0 Å². The molecule has 9 heteroatoms. The van der Waals surface area contributed by atoms with Gasteiger partial charge in [-0.3, -0.25) is 0 Å². The SMILES string of the molecule is O=C(NS(=O)(=O)Cl)Oc1ccc(F)cc1Br. The van der Waals surface area contributed by atoms with Gasteiger partial charge >= 0.3 is 15.3 Å². The number of hydrogen-bond donors (Lipinski definition) is 1. The molecule has 0 radical (unpaired) electrons. The van der Waals surface area contributed by atoms with Crippen molar-refractivity contribution < 1.29 is 22.3 Å². The normalized spacial score (nSPS) is 10.9. The number of hydrogen-bond acceptors (Lipinski definition) is 4. The molecule has 88 valence electrons. The van der Waals surface area contributed by atoms with Crippen molar-refractivity contribution in [2.24, 2.45) is 0 Å². The van der Waals surface area contributed by atoms with Gasteiger partial charge in [0.1, 0.15) is 11.6 Å². The summed E-state index contributed by atoms with van der Waals surface area (Å²) in [4.78, 5) is 11.0. The molecule has 0 saturated carbocycles. The molecular formula is C7H4BrClFNO4S. The van der Waals surface area contributed by atoms with Crippen molar-refractivity contribution in [2.75, 3.05) is 0 Å². The van der Waals surface area contributed by atoms with Gasteiger partial charge in [0.25, 0.3) is 0 Å². The van der Waals surface area contributed by atoms with E-state index in [1.165, 1.54) is 4.72 Å². The Morgan fingerprint density at radius 1 is 1.50 bits per heavy atom. The Morgan fingerprint density at radius 2 is 2.12 bits per heavy atom. The second-order valence-electron chi connectivity index (χ2n) is 2.50. The minimum Gasteiger partial charge on any atom is -0.408 e. The fourth-order valence-electron chi connectivity index (χ4n) is 0.778. The van der Waals surface area contributed by atoms with E-state index in [2.05, 4.69) is 20.7 Å². The Hall–Kier alpha value is -0.860. The van der Waals surface area contributed by atoms with Gasteiger partial charge < -0.3 is 4.74 Å². The molecular weight excluding hydrogens is 329 g/mol. The molecule has 0 unspecified atom stereocenters. The Bertz CT molecular complexity index is 521. The Balaban J connectivity index is 2.78. The maximum atomic E-state index is 12.7. The lowest BCUT2D eigenvalue weighted by atomic mass is 10.3. The van der Waals surface area contributed by atoms with Crippen LogP contribution < -0.4 is 9.46 Å². The Morgan fingerprint density at radius 3 is 2.62 bits per heavy atom. The van der Waals surface area contributed by atoms with E-state index in [1.807, 2.05) is 0 Å². The molecule has 0 aliphatic rings. The minimum absolute atomic E-state index is 0.0424. The monoisotopic (exact) mass is 331 g/mol. The van der Waals surface area contributed by atoms with Gasteiger partial charge in [0.05, 0.1) is 4.47 Å². The van der Waals surface area contributed by atoms with Crippen molar-refractivity contribution in [3.05, 3.63) is 28.5 Å². The average molecular weight is 333 g/mol. The van der Waals surface area contributed by atoms with Crippen LogP contribution in [-0.4, -0.2) is 14.5 Å². The minimum atomic E-state index is -4.21. The van der Waals surface area contributed by atoms with Crippen molar-refractivity contribution in [3.8, 4) is 5.75 Å². The molecule has 1 rings (SSSR count). The summed E-state index contributed by atoms with van der Waals surface area (Å²) in [5.41, 5.74) is 0. The van der Waals surface area contributed by atoms with Crippen molar-refractivity contribution in [2.45, 2.75) is 0 Å². The number of benzene rings is 1. The average Bonchev–Trinajstić information content (AvgIpc) is 2.06. The van der Waals surface area contributed by atoms with Crippen LogP contribution in [0.5, 0.6) is 5.75 Å². The zero-order valence-electron chi connectivity index (χ0n) is 7.41. The zero-order chi connectivity index (χ0) is 12.3. The third-order valence-corrected chi connectivity index (χ3v) is 2.56. The summed E-state index contributed by atoms with van der Waals surface area (Å²) in [6.07, 6.45) is -1.29. The van der Waals surface area contributed by atoms with Crippen LogP contribution in [-0.2, 0) is 9.24 Å². The summed E-state index contributed by atoms with van der Waals surface area (Å²) in [6.45, 7) is 0. The predicted molar refractivity (Wildman–Crippen MR) is 58.0 cm³/mol. The van der Waals surface area contributed by atoms with Gasteiger partial charge in [-0.25, -0.2) is 13.9 Å². The second-order valence-corrected chi connectivity index (χ2v) is 5.66. The summed E-state index contributed by atoms with van der Waals surface area (Å²) < 4.78 is 39.6. The first-order chi connectivity index (χ1) is 7.28. The maximum absolute atomic E-state index is 12.7. The largest absolute Gasteiger partial charge is 0.427 e. The molecule has 0 aliphatic carbocycles. The Kier molecular flexibility index (Phi) is 4.11. The number of amides is 1. The van der Waals surface area contributed by atoms with E-state index in [4.69, 9.17) is 10.7 Å². The van der Waals surface area contributed by atoms with E-state index in [-0.39, 0.29) is 10.2 Å². The highest BCUT2D eigenvalue weighted by atomic mass is 79.9. The fraction of sp³-hybridized carbons (Fsp3) is 0. The lowest BCUT2D eigenvalue weighted by Crippen LogP contribution is -2.29. The number of halogens is 3. The number of carbonyl (C=O) groups excluding carboxylic acids is 1. The first kappa shape index (κ1) is 13.2. The van der Waals surface area contributed by atoms with Gasteiger partial charge in [0, 0.05) is 10.7 Å². The van der Waals surface area contributed by atoms with E-state index < -0.39 is 21.1 Å². The quantitative estimate of drug-likeness (QED) is 0.842. The predicted octanol–water partition coefficient (Wildman–Crippen LogP) is 2.16. The van der Waals surface area contributed by atoms with E-state index in [0.29, 0.717) is 0 Å². The van der Waals surface area contributed by atoms with Crippen LogP contribution in [0, 0.1) is 5.82 Å². The molecule has 1 aromatic rings. The third kappa shape index (κ3) is 4.33. The highest BCUT2D eigenvalue weighted by Crippen LogP contribution is 2.25. The number of ether oxygens (including phenoxy) is 1. The molecule has 0 spiro atoms. The standard InChI is InChI=1S/C7H4BrClFNO4S/c8-5-3-4(10)1-2-6(5)15-7(12)11-16(9,13)14/h1-3H,(H,11,12). The topological polar surface area (TPSA) is 72.5 Å². The van der Waals surface area contributed by atoms with E-state index >= 15 is 0 Å². The Labute approximate surface area is 103 Å². The summed E-state index contributed by atoms with van der Waals surface area (Å²) in [6, 6.07) is 3.25. The van der Waals surface area contributed by atoms with Gasteiger partial charge in [-0.2, -0.15) is 8.42 Å². The number of carbonyl (C=O) groups is 1. The molecule has 0 atom stereocenters. The van der Waals surface area contributed by atoms with Crippen LogP contribution >= 0.6 is 26.6 Å². The molecule has 0 heterocycles. The van der Waals surface area contributed by atoms with Crippen molar-refractivity contribution in [3.63, 3.8) is 0 Å². The van der Waals surface area contributed by atoms with Crippen molar-refractivity contribution >= 4 is 41.9 Å². The van der Waals surface area contributed by atoms with Gasteiger partial charge in [-0.1, -0.05) is 0 Å². The molecule has 1 amide bonds. The van der Waals surface area contributed by atoms with Crippen LogP contribution in [0.2, 0.25) is 0 Å². The van der Waals surface area contributed by atoms with Gasteiger partial charge in [0.2, 0.25) is 0 Å². The van der Waals surface area contributed by atoms with Crippen LogP contribution in [0.15, 0.2) is 22.7 Å². The smallest absolute Gasteiger partial charge is 0.408 e. The second kappa shape index (κ2) is 4.98. The van der Waals surface area contributed by atoms with E-state index in [1.54, 1.807) is 0 Å². The molecule has 0 aromatic heterocycles. The number of rotatable bonds is 2. The van der Waals surface area contributed by atoms with Gasteiger partial charge in [0.15, 0.2) is 0 Å². The molecule has 0 bridgehead atoms. The summed E-state index contributed by atoms with van der Waals surface area (Å²) in [5, 5.41) is 0. The molecule has 16 heavy (non-hydrogen) atoms. The summed E-state index contributed by atoms with van der Waals surface area (Å²) in [7, 11) is 0.542. The number of nitrogens with one attached hydrogen (secondary N) is 1. The molecule has 0 saturated heterocycles. The van der Waals surface area contributed by atoms with Crippen molar-refractivity contribution in [1.82, 2.24) is 4.72 Å². The molecule has 1 N–H and O–H groups in total. The summed E-state index contributed by atoms with van der Waals surface area (Å²) in [5.74, 6) is -0.580. The van der Waals surface area contributed by atoms with Gasteiger partial charge in [-0.15, -0.1) is 0 Å². The first-order valence-electron chi connectivity index (χ1n) is 3.67. The zero-order valence-corrected chi connectivity index (χ0v) is 10.6. The highest BCUT2D eigenvalue weighted by molar-refractivity contribution is 9.10. The van der Waals surface area contributed by atoms with Crippen LogP contribution in [0.4, 0.5) is 9.18 Å². The van der Waals surface area contributed by atoms with Crippen LogP contribution in [0.1, 0.15) is 0 Å². The fourth-order valence-corrected chi connectivity index (χ4v) is 1.64. The molecule has 0 aliphatic heterocycles. The lowest BCUT2D eigenvalue weighted by molar-refractivity contribution is 0.206. The molecule has 0 fully saturated rings. The summed E-state index contributed by atoms with van der Waals surface area (Å²) >= 11 is 2.93. The third-order valence-electron chi connectivity index (χ3n) is 1.30. The van der Waals surface area contributed by atoms with E-state index in [0.717, 1.165) is 18.2 Å². The van der Waals surface area contributed by atoms with Crippen LogP contribution in [0.3, 0.4) is 0 Å². The first-order valence-corrected chi connectivity index (χ1v) is 6.77. The maximum Gasteiger partial charge on any atom is 0.427 e. The lowest BCUT2D eigenvalue weighted by Gasteiger charge is -2.05. The van der Waals surface area contributed by atoms with Gasteiger partial charge in [-0.05, 0) is 34.1 Å². The highest BCUT2D eigenvalue weighted by Gasteiger charge is 2.14. The molecule has 5 nitrogen and oxygen atoms in total. The van der Waals surface area contributed by atoms with Crippen LogP contribution in [0.25, 0.3) is 0 Å².